The highest BCUT2D eigenvalue weighted by molar-refractivity contribution is 7.27. The van der Waals surface area contributed by atoms with Crippen molar-refractivity contribution in [2.24, 2.45) is 0 Å². The van der Waals surface area contributed by atoms with Gasteiger partial charge in [-0.25, -0.2) is 39.9 Å². The molecule has 7 aromatic heterocycles. The molecule has 0 aliphatic heterocycles. The van der Waals surface area contributed by atoms with Gasteiger partial charge >= 0.3 is 0 Å². The van der Waals surface area contributed by atoms with Crippen LogP contribution >= 0.6 is 11.3 Å². The van der Waals surface area contributed by atoms with E-state index in [9.17, 15) is 0 Å². The van der Waals surface area contributed by atoms with E-state index in [-0.39, 0.29) is 0 Å². The summed E-state index contributed by atoms with van der Waals surface area (Å²) < 4.78 is 6.71. The van der Waals surface area contributed by atoms with Crippen LogP contribution in [0, 0.1) is 0 Å². The first-order chi connectivity index (χ1) is 49.0. The van der Waals surface area contributed by atoms with Crippen molar-refractivity contribution in [3.8, 4) is 125 Å². The molecule has 0 radical (unpaired) electrons. The Morgan fingerprint density at radius 3 is 0.677 bits per heavy atom. The second-order valence-electron chi connectivity index (χ2n) is 24.6. The predicted molar refractivity (Wildman–Crippen MR) is 405 cm³/mol. The Kier molecular flexibility index (Phi) is 13.8. The van der Waals surface area contributed by atoms with Gasteiger partial charge in [0.1, 0.15) is 0 Å². The van der Waals surface area contributed by atoms with Crippen LogP contribution in [0.5, 0.6) is 0 Å². The topological polar surface area (TPSA) is 113 Å². The molecule has 12 aromatic carbocycles. The number of rotatable bonds is 12. The van der Waals surface area contributed by atoms with E-state index in [0.717, 1.165) is 165 Å². The summed E-state index contributed by atoms with van der Waals surface area (Å²) >= 11 is 1.80. The summed E-state index contributed by atoms with van der Waals surface area (Å²) in [7, 11) is 0. The number of hydrogen-bond donors (Lipinski definition) is 0. The fraction of sp³-hybridized carbons (Fsp3) is 0. The molecule has 19 rings (SSSR count). The molecule has 99 heavy (non-hydrogen) atoms. The minimum Gasteiger partial charge on any atom is -0.278 e. The van der Waals surface area contributed by atoms with Crippen molar-refractivity contribution in [2.45, 2.75) is 0 Å². The van der Waals surface area contributed by atoms with Gasteiger partial charge in [0, 0.05) is 97.4 Å². The summed E-state index contributed by atoms with van der Waals surface area (Å²) in [5.41, 5.74) is 20.1. The van der Waals surface area contributed by atoms with Crippen molar-refractivity contribution in [1.82, 2.24) is 49.0 Å². The molecule has 0 amide bonds. The quantitative estimate of drug-likeness (QED) is 0.119. The van der Waals surface area contributed by atoms with E-state index < -0.39 is 0 Å². The fourth-order valence-corrected chi connectivity index (χ4v) is 15.3. The highest BCUT2D eigenvalue weighted by Gasteiger charge is 2.26. The smallest absolute Gasteiger partial charge is 0.235 e. The molecule has 7 heterocycles. The Hall–Kier alpha value is -13.2. The molecule has 0 saturated heterocycles. The first kappa shape index (κ1) is 57.2. The summed E-state index contributed by atoms with van der Waals surface area (Å²) in [6, 6.07) is 114. The van der Waals surface area contributed by atoms with Crippen molar-refractivity contribution in [2.75, 3.05) is 0 Å². The first-order valence-corrected chi connectivity index (χ1v) is 33.8. The summed E-state index contributed by atoms with van der Waals surface area (Å²) in [5, 5.41) is 6.37. The lowest BCUT2D eigenvalue weighted by Gasteiger charge is -2.12. The zero-order chi connectivity index (χ0) is 65.3. The number of aromatic nitrogens is 10. The summed E-state index contributed by atoms with van der Waals surface area (Å²) in [5.74, 6) is 2.33. The summed E-state index contributed by atoms with van der Waals surface area (Å²) in [4.78, 5) is 43.6. The predicted octanol–water partition coefficient (Wildman–Crippen LogP) is 22.1. The number of nitrogens with zero attached hydrogens (tertiary/aromatic N) is 10. The SMILES string of the molecule is c1ccc(-c2cc(-c3ccccc3)nc(-c3ccc4c(c3)c3c5sc6c(ccc7c6c6cc(-c8nc(-c9ccccc9)cc(-c9ccccc9)n8)ccc6n7-c6nc(-c7ccccc7)cc(-c7ccccc7)n6)c5ccc3n4-c3nc(-c4ccccc4)cc(-c4ccccc4)n3)n2)cc1. The highest BCUT2D eigenvalue weighted by atomic mass is 32.1. The third kappa shape index (κ3) is 10.2. The molecule has 11 heteroatoms. The minimum absolute atomic E-state index is 0.552. The average Bonchev–Trinajstić information content (AvgIpc) is 1.54. The van der Waals surface area contributed by atoms with Crippen LogP contribution in [-0.2, 0) is 0 Å². The lowest BCUT2D eigenvalue weighted by atomic mass is 10.0. The average molecular weight is 1280 g/mol. The molecule has 0 fully saturated rings. The van der Waals surface area contributed by atoms with Crippen molar-refractivity contribution in [3.05, 3.63) is 328 Å². The van der Waals surface area contributed by atoms with E-state index >= 15 is 0 Å². The Labute approximate surface area is 572 Å². The van der Waals surface area contributed by atoms with E-state index in [1.165, 1.54) is 0 Å². The van der Waals surface area contributed by atoms with Gasteiger partial charge in [-0.3, -0.25) is 9.13 Å². The Balaban J connectivity index is 0.908. The Morgan fingerprint density at radius 2 is 0.424 bits per heavy atom. The minimum atomic E-state index is 0.552. The van der Waals surface area contributed by atoms with Gasteiger partial charge in [-0.15, -0.1) is 11.3 Å². The van der Waals surface area contributed by atoms with Gasteiger partial charge in [-0.05, 0) is 72.8 Å². The van der Waals surface area contributed by atoms with Crippen LogP contribution < -0.4 is 0 Å². The number of fused-ring (bicyclic) bond motifs is 11. The van der Waals surface area contributed by atoms with E-state index in [2.05, 4.69) is 288 Å². The van der Waals surface area contributed by atoms with Gasteiger partial charge in [0.05, 0.1) is 67.6 Å². The van der Waals surface area contributed by atoms with Crippen LogP contribution in [0.2, 0.25) is 0 Å². The maximum atomic E-state index is 5.51. The van der Waals surface area contributed by atoms with Crippen molar-refractivity contribution in [3.63, 3.8) is 0 Å². The lowest BCUT2D eigenvalue weighted by molar-refractivity contribution is 0.995. The molecule has 0 unspecified atom stereocenters. The molecule has 0 spiro atoms. The second kappa shape index (κ2) is 23.9. The van der Waals surface area contributed by atoms with Crippen molar-refractivity contribution in [1.29, 1.82) is 0 Å². The summed E-state index contributed by atoms with van der Waals surface area (Å²) in [6.45, 7) is 0. The maximum Gasteiger partial charge on any atom is 0.235 e. The van der Waals surface area contributed by atoms with E-state index in [4.69, 9.17) is 39.9 Å². The highest BCUT2D eigenvalue weighted by Crippen LogP contribution is 2.49. The molecule has 0 bridgehead atoms. The summed E-state index contributed by atoms with van der Waals surface area (Å²) in [6.07, 6.45) is 0. The zero-order valence-corrected chi connectivity index (χ0v) is 53.9. The normalized spacial score (nSPS) is 11.6. The molecule has 0 aliphatic carbocycles. The number of thiophene rings is 1. The molecule has 0 saturated carbocycles. The van der Waals surface area contributed by atoms with Crippen LogP contribution in [-0.4, -0.2) is 49.0 Å². The Bertz CT molecular complexity index is 5690. The van der Waals surface area contributed by atoms with Gasteiger partial charge in [-0.2, -0.15) is 0 Å². The molecular formula is C88H54N10S. The molecule has 10 nitrogen and oxygen atoms in total. The van der Waals surface area contributed by atoms with Gasteiger partial charge in [0.2, 0.25) is 11.9 Å². The van der Waals surface area contributed by atoms with Crippen molar-refractivity contribution < 1.29 is 0 Å². The van der Waals surface area contributed by atoms with Crippen LogP contribution in [0.4, 0.5) is 0 Å². The van der Waals surface area contributed by atoms with Crippen LogP contribution in [0.3, 0.4) is 0 Å². The molecule has 0 aliphatic rings. The number of benzene rings is 12. The van der Waals surface area contributed by atoms with Crippen LogP contribution in [0.1, 0.15) is 0 Å². The molecule has 462 valence electrons. The first-order valence-electron chi connectivity index (χ1n) is 33.0. The lowest BCUT2D eigenvalue weighted by Crippen LogP contribution is -2.04. The molecule has 19 aromatic rings. The molecule has 0 atom stereocenters. The zero-order valence-electron chi connectivity index (χ0n) is 53.1. The monoisotopic (exact) mass is 1280 g/mol. The van der Waals surface area contributed by atoms with Gasteiger partial charge < -0.3 is 0 Å². The maximum absolute atomic E-state index is 5.51. The third-order valence-corrected chi connectivity index (χ3v) is 19.9. The van der Waals surface area contributed by atoms with Gasteiger partial charge in [-0.1, -0.05) is 255 Å². The van der Waals surface area contributed by atoms with Gasteiger partial charge in [0.15, 0.2) is 11.6 Å². The van der Waals surface area contributed by atoms with Crippen LogP contribution in [0.25, 0.3) is 189 Å². The van der Waals surface area contributed by atoms with E-state index in [1.807, 2.05) is 48.5 Å². The fourth-order valence-electron chi connectivity index (χ4n) is 13.9. The van der Waals surface area contributed by atoms with Gasteiger partial charge in [0.25, 0.3) is 0 Å². The van der Waals surface area contributed by atoms with Crippen LogP contribution in [0.15, 0.2) is 328 Å². The largest absolute Gasteiger partial charge is 0.278 e. The Morgan fingerprint density at radius 1 is 0.192 bits per heavy atom. The van der Waals surface area contributed by atoms with E-state index in [0.29, 0.717) is 23.5 Å². The third-order valence-electron chi connectivity index (χ3n) is 18.6. The van der Waals surface area contributed by atoms with E-state index in [1.54, 1.807) is 11.3 Å². The standard InChI is InChI=1S/C88H54N10S/c1-9-25-55(26-10-1)69-51-70(56-27-11-2-12-28-56)90-85(89-69)63-41-45-77-67(49-63)81-79(97(77)87-93-73(59-33-17-5-18-34-59)53-74(94-87)60-35-19-6-20-36-60)47-43-65-66-44-48-80-82(84(66)99-83(65)81)68-50-64(86-91-71(57-29-13-3-14-30-57)52-72(92-86)58-31-15-4-16-32-58)42-46-78(68)98(80)88-95-75(61-37-21-7-22-38-61)54-76(96-88)62-39-23-8-24-40-62/h1-54H. The van der Waals surface area contributed by atoms with Crippen molar-refractivity contribution >= 4 is 75.1 Å². The molecule has 0 N–H and O–H groups in total. The molecular weight excluding hydrogens is 1230 g/mol. The number of hydrogen-bond acceptors (Lipinski definition) is 9. The second-order valence-corrected chi connectivity index (χ2v) is 25.7.